The first-order valence-corrected chi connectivity index (χ1v) is 11.6. The van der Waals surface area contributed by atoms with Gasteiger partial charge in [0.15, 0.2) is 5.11 Å². The third-order valence-corrected chi connectivity index (χ3v) is 7.54. The monoisotopic (exact) mass is 403 g/mol. The average molecular weight is 404 g/mol. The Labute approximate surface area is 176 Å². The summed E-state index contributed by atoms with van der Waals surface area (Å²) in [5.74, 6) is 1.77. The van der Waals surface area contributed by atoms with Crippen molar-refractivity contribution in [2.75, 3.05) is 13.1 Å². The maximum Gasteiger partial charge on any atom is 0.228 e. The molecule has 4 aliphatic rings. The largest absolute Gasteiger partial charge is 0.362 e. The van der Waals surface area contributed by atoms with Crippen molar-refractivity contribution in [2.45, 2.75) is 89.0 Å². The normalized spacial score (nSPS) is 31.7. The highest BCUT2D eigenvalue weighted by atomic mass is 32.1. The fraction of sp³-hybridized carbons (Fsp3) is 0.783. The second-order valence-corrected chi connectivity index (χ2v) is 9.62. The van der Waals surface area contributed by atoms with Gasteiger partial charge in [-0.05, 0) is 75.4 Å². The van der Waals surface area contributed by atoms with Crippen molar-refractivity contribution in [2.24, 2.45) is 11.8 Å². The maximum absolute atomic E-state index is 12.8. The van der Waals surface area contributed by atoms with Crippen LogP contribution in [0.4, 0.5) is 0 Å². The topological polar surface area (TPSA) is 44.4 Å². The predicted octanol–water partition coefficient (Wildman–Crippen LogP) is 4.59. The standard InChI is InChI=1S/C22H35N3OS.CH2/c26-20(25-15-5-9-18-8-1-2-10-19(18)25)11-14-23-21(27)24-22-12-3-6-17(16-22)7-4-13-22;/h10,17-18H,1-9,11-16H2,(H2,23,24,27);1H2. The smallest absolute Gasteiger partial charge is 0.228 e. The summed E-state index contributed by atoms with van der Waals surface area (Å²) in [4.78, 5) is 14.8. The van der Waals surface area contributed by atoms with Crippen LogP contribution in [0.5, 0.6) is 0 Å². The van der Waals surface area contributed by atoms with Gasteiger partial charge in [0, 0.05) is 30.7 Å². The Hall–Kier alpha value is -1.10. The van der Waals surface area contributed by atoms with E-state index in [0.29, 0.717) is 18.9 Å². The van der Waals surface area contributed by atoms with Gasteiger partial charge in [-0.3, -0.25) is 4.79 Å². The number of amides is 1. The van der Waals surface area contributed by atoms with Crippen molar-refractivity contribution >= 4 is 23.2 Å². The summed E-state index contributed by atoms with van der Waals surface area (Å²) in [6.45, 7) is 1.53. The number of hydrogen-bond acceptors (Lipinski definition) is 2. The minimum atomic E-state index is 0. The van der Waals surface area contributed by atoms with Gasteiger partial charge in [0.25, 0.3) is 0 Å². The van der Waals surface area contributed by atoms with E-state index in [9.17, 15) is 4.79 Å². The Balaban J connectivity index is 0.00000225. The van der Waals surface area contributed by atoms with Crippen molar-refractivity contribution < 1.29 is 4.79 Å². The van der Waals surface area contributed by atoms with Gasteiger partial charge >= 0.3 is 0 Å². The number of likely N-dealkylation sites (tertiary alicyclic amines) is 1. The van der Waals surface area contributed by atoms with Crippen LogP contribution in [-0.2, 0) is 4.79 Å². The van der Waals surface area contributed by atoms with Gasteiger partial charge in [0.2, 0.25) is 5.91 Å². The predicted molar refractivity (Wildman–Crippen MR) is 119 cm³/mol. The van der Waals surface area contributed by atoms with Gasteiger partial charge in [-0.25, -0.2) is 0 Å². The van der Waals surface area contributed by atoms with Crippen LogP contribution in [0.1, 0.15) is 83.5 Å². The van der Waals surface area contributed by atoms with Crippen molar-refractivity contribution in [1.29, 1.82) is 0 Å². The molecule has 28 heavy (non-hydrogen) atoms. The van der Waals surface area contributed by atoms with Gasteiger partial charge in [0.05, 0.1) is 0 Å². The number of piperidine rings is 1. The molecule has 1 atom stereocenters. The molecule has 0 spiro atoms. The molecule has 3 fully saturated rings. The quantitative estimate of drug-likeness (QED) is 0.674. The lowest BCUT2D eigenvalue weighted by Gasteiger charge is -2.46. The van der Waals surface area contributed by atoms with Crippen LogP contribution in [0.2, 0.25) is 0 Å². The zero-order valence-corrected chi connectivity index (χ0v) is 18.1. The molecule has 0 aromatic carbocycles. The van der Waals surface area contributed by atoms with Crippen molar-refractivity contribution in [3.8, 4) is 0 Å². The van der Waals surface area contributed by atoms with Crippen LogP contribution in [0.15, 0.2) is 11.8 Å². The Morgan fingerprint density at radius 1 is 1.14 bits per heavy atom. The van der Waals surface area contributed by atoms with E-state index in [0.717, 1.165) is 30.4 Å². The number of hydrogen-bond donors (Lipinski definition) is 2. The molecule has 2 N–H and O–H groups in total. The molecule has 2 saturated carbocycles. The second-order valence-electron chi connectivity index (χ2n) is 9.21. The lowest BCUT2D eigenvalue weighted by molar-refractivity contribution is -0.130. The fourth-order valence-corrected chi connectivity index (χ4v) is 6.33. The van der Waals surface area contributed by atoms with Gasteiger partial charge in [-0.2, -0.15) is 0 Å². The number of nitrogens with one attached hydrogen (secondary N) is 2. The zero-order chi connectivity index (χ0) is 18.7. The molecule has 1 saturated heterocycles. The third-order valence-electron chi connectivity index (χ3n) is 7.29. The number of thiocarbonyl (C=S) groups is 1. The van der Waals surface area contributed by atoms with Gasteiger partial charge in [0.1, 0.15) is 0 Å². The summed E-state index contributed by atoms with van der Waals surface area (Å²) in [6, 6.07) is 0. The van der Waals surface area contributed by atoms with Gasteiger partial charge in [-0.15, -0.1) is 0 Å². The highest BCUT2D eigenvalue weighted by Crippen LogP contribution is 2.42. The van der Waals surface area contributed by atoms with Gasteiger partial charge in [-0.1, -0.05) is 39.2 Å². The number of allylic oxidation sites excluding steroid dienone is 2. The fourth-order valence-electron chi connectivity index (χ4n) is 6.01. The molecule has 1 heterocycles. The minimum Gasteiger partial charge on any atom is -0.362 e. The minimum absolute atomic E-state index is 0. The molecule has 5 heteroatoms. The molecule has 2 radical (unpaired) electrons. The summed E-state index contributed by atoms with van der Waals surface area (Å²) in [7, 11) is 0. The molecule has 4 nitrogen and oxygen atoms in total. The molecule has 3 aliphatic carbocycles. The number of rotatable bonds is 4. The van der Waals surface area contributed by atoms with Crippen LogP contribution in [0.25, 0.3) is 0 Å². The summed E-state index contributed by atoms with van der Waals surface area (Å²) < 4.78 is 0. The van der Waals surface area contributed by atoms with Crippen LogP contribution >= 0.6 is 12.2 Å². The van der Waals surface area contributed by atoms with Crippen LogP contribution < -0.4 is 10.6 Å². The summed E-state index contributed by atoms with van der Waals surface area (Å²) >= 11 is 5.58. The van der Waals surface area contributed by atoms with E-state index in [1.807, 2.05) is 0 Å². The molecule has 1 aliphatic heterocycles. The first-order valence-electron chi connectivity index (χ1n) is 11.2. The molecular formula is C23H37N3OS. The van der Waals surface area contributed by atoms with E-state index in [1.165, 1.54) is 69.9 Å². The first kappa shape index (κ1) is 21.6. The van der Waals surface area contributed by atoms with E-state index >= 15 is 0 Å². The molecule has 0 aromatic rings. The van der Waals surface area contributed by atoms with Crippen LogP contribution in [0, 0.1) is 19.3 Å². The Bertz CT molecular complexity index is 593. The highest BCUT2D eigenvalue weighted by Gasteiger charge is 2.39. The van der Waals surface area contributed by atoms with E-state index in [2.05, 4.69) is 21.6 Å². The number of carbonyl (C=O) groups is 1. The van der Waals surface area contributed by atoms with Crippen LogP contribution in [0.3, 0.4) is 0 Å². The Kier molecular flexibility index (Phi) is 7.41. The number of nitrogens with zero attached hydrogens (tertiary/aromatic N) is 1. The Morgan fingerprint density at radius 3 is 2.68 bits per heavy atom. The Morgan fingerprint density at radius 2 is 1.89 bits per heavy atom. The molecule has 4 rings (SSSR count). The number of fused-ring (bicyclic) bond motifs is 3. The summed E-state index contributed by atoms with van der Waals surface area (Å²) in [5, 5.41) is 7.72. The lowest BCUT2D eigenvalue weighted by atomic mass is 9.67. The SMILES string of the molecule is O=C(CCNC(=S)NC12CCCC(CCC1)C2)N1CCCC2CCCC=C21.[CH2]. The third kappa shape index (κ3) is 4.90. The molecule has 2 bridgehead atoms. The van der Waals surface area contributed by atoms with Crippen LogP contribution in [-0.4, -0.2) is 34.5 Å². The zero-order valence-electron chi connectivity index (χ0n) is 17.3. The van der Waals surface area contributed by atoms with E-state index in [4.69, 9.17) is 12.2 Å². The molecule has 0 aromatic heterocycles. The molecular weight excluding hydrogens is 366 g/mol. The lowest BCUT2D eigenvalue weighted by Crippen LogP contribution is -2.56. The molecule has 1 amide bonds. The number of carbonyl (C=O) groups excluding carboxylic acids is 1. The maximum atomic E-state index is 12.8. The highest BCUT2D eigenvalue weighted by molar-refractivity contribution is 7.80. The second kappa shape index (κ2) is 9.60. The van der Waals surface area contributed by atoms with Gasteiger partial charge < -0.3 is 15.5 Å². The van der Waals surface area contributed by atoms with Crippen molar-refractivity contribution in [3.05, 3.63) is 19.2 Å². The van der Waals surface area contributed by atoms with E-state index in [-0.39, 0.29) is 18.9 Å². The average Bonchev–Trinajstić information content (AvgIpc) is 2.67. The molecule has 156 valence electrons. The summed E-state index contributed by atoms with van der Waals surface area (Å²) in [6.07, 6.45) is 18.1. The molecule has 1 unspecified atom stereocenters. The van der Waals surface area contributed by atoms with E-state index in [1.54, 1.807) is 0 Å². The van der Waals surface area contributed by atoms with Crippen molar-refractivity contribution in [3.63, 3.8) is 0 Å². The first-order chi connectivity index (χ1) is 13.2. The van der Waals surface area contributed by atoms with Crippen molar-refractivity contribution in [1.82, 2.24) is 15.5 Å². The summed E-state index contributed by atoms with van der Waals surface area (Å²) in [5.41, 5.74) is 1.54. The van der Waals surface area contributed by atoms with E-state index < -0.39 is 0 Å².